The zero-order valence-corrected chi connectivity index (χ0v) is 14.4. The van der Waals surface area contributed by atoms with Gasteiger partial charge in [0, 0.05) is 49.1 Å². The van der Waals surface area contributed by atoms with Gasteiger partial charge in [-0.25, -0.2) is 0 Å². The second-order valence-corrected chi connectivity index (χ2v) is 7.49. The number of nitrogens with one attached hydrogen (secondary N) is 2. The minimum absolute atomic E-state index is 0.0273. The number of rotatable bonds is 2. The van der Waals surface area contributed by atoms with E-state index in [4.69, 9.17) is 0 Å². The summed E-state index contributed by atoms with van der Waals surface area (Å²) in [6, 6.07) is 5.70. The van der Waals surface area contributed by atoms with Crippen LogP contribution in [0, 0.1) is 5.92 Å². The number of piperidine rings is 1. The molecule has 2 fully saturated rings. The number of likely N-dealkylation sites (tertiary alicyclic amines) is 1. The van der Waals surface area contributed by atoms with Crippen LogP contribution in [-0.2, 0) is 15.0 Å². The van der Waals surface area contributed by atoms with Crippen LogP contribution in [0.2, 0.25) is 0 Å². The summed E-state index contributed by atoms with van der Waals surface area (Å²) in [4.78, 5) is 37.9. The van der Waals surface area contributed by atoms with Gasteiger partial charge in [-0.1, -0.05) is 6.07 Å². The van der Waals surface area contributed by atoms with Crippen LogP contribution < -0.4 is 10.6 Å². The van der Waals surface area contributed by atoms with E-state index in [1.807, 2.05) is 12.1 Å². The molecule has 0 bridgehead atoms. The molecule has 0 unspecified atom stereocenters. The van der Waals surface area contributed by atoms with Gasteiger partial charge < -0.3 is 15.5 Å². The minimum atomic E-state index is -0.0877. The fourth-order valence-electron chi connectivity index (χ4n) is 4.01. The van der Waals surface area contributed by atoms with Gasteiger partial charge in [-0.3, -0.25) is 14.4 Å². The van der Waals surface area contributed by atoms with E-state index in [9.17, 15) is 14.4 Å². The lowest BCUT2D eigenvalue weighted by Crippen LogP contribution is -2.40. The molecular formula is C19H23N3O3. The molecule has 1 aromatic rings. The maximum Gasteiger partial charge on any atom is 0.251 e. The molecule has 1 spiro atoms. The van der Waals surface area contributed by atoms with E-state index < -0.39 is 0 Å². The molecule has 6 nitrogen and oxygen atoms in total. The molecule has 0 aromatic heterocycles. The first kappa shape index (κ1) is 16.1. The number of nitrogens with zero attached hydrogens (tertiary/aromatic N) is 1. The molecule has 1 aliphatic carbocycles. The molecule has 132 valence electrons. The molecule has 2 heterocycles. The number of carbonyl (C=O) groups is 3. The molecule has 4 rings (SSSR count). The molecule has 3 amide bonds. The maximum atomic E-state index is 12.5. The first-order valence-corrected chi connectivity index (χ1v) is 8.98. The van der Waals surface area contributed by atoms with E-state index >= 15 is 0 Å². The number of hydrogen-bond donors (Lipinski definition) is 2. The zero-order valence-electron chi connectivity index (χ0n) is 14.4. The molecule has 25 heavy (non-hydrogen) atoms. The summed E-state index contributed by atoms with van der Waals surface area (Å²) < 4.78 is 0. The van der Waals surface area contributed by atoms with E-state index in [-0.39, 0.29) is 29.1 Å². The Morgan fingerprint density at radius 3 is 2.60 bits per heavy atom. The van der Waals surface area contributed by atoms with E-state index in [0.29, 0.717) is 37.2 Å². The predicted molar refractivity (Wildman–Crippen MR) is 93.3 cm³/mol. The van der Waals surface area contributed by atoms with Crippen molar-refractivity contribution in [2.24, 2.45) is 5.92 Å². The van der Waals surface area contributed by atoms with Crippen molar-refractivity contribution in [1.29, 1.82) is 0 Å². The first-order valence-electron chi connectivity index (χ1n) is 8.98. The lowest BCUT2D eigenvalue weighted by molar-refractivity contribution is -0.132. The van der Waals surface area contributed by atoms with Crippen molar-refractivity contribution in [3.05, 3.63) is 29.3 Å². The highest BCUT2D eigenvalue weighted by Crippen LogP contribution is 2.50. The Balaban J connectivity index is 1.45. The standard InChI is InChI=1S/C19H23N3O3/c1-12(23)22-8-4-13(5-9-22)17(24)21-14-2-3-16-15(10-14)18(25)20-11-19(16)6-7-19/h2-3,10,13H,4-9,11H2,1H3,(H,20,25)(H,21,24). The van der Waals surface area contributed by atoms with Crippen molar-refractivity contribution in [2.45, 2.75) is 38.0 Å². The van der Waals surface area contributed by atoms with Gasteiger partial charge in [-0.2, -0.15) is 0 Å². The number of anilines is 1. The zero-order chi connectivity index (χ0) is 17.6. The van der Waals surface area contributed by atoms with Gasteiger partial charge in [-0.15, -0.1) is 0 Å². The summed E-state index contributed by atoms with van der Waals surface area (Å²) in [6.07, 6.45) is 3.58. The van der Waals surface area contributed by atoms with E-state index in [0.717, 1.165) is 24.9 Å². The summed E-state index contributed by atoms with van der Waals surface area (Å²) in [7, 11) is 0. The summed E-state index contributed by atoms with van der Waals surface area (Å²) in [6.45, 7) is 3.54. The van der Waals surface area contributed by atoms with Crippen molar-refractivity contribution in [1.82, 2.24) is 10.2 Å². The average Bonchev–Trinajstić information content (AvgIpc) is 3.39. The third-order valence-electron chi connectivity index (χ3n) is 5.86. The highest BCUT2D eigenvalue weighted by molar-refractivity contribution is 6.00. The minimum Gasteiger partial charge on any atom is -0.351 e. The predicted octanol–water partition coefficient (Wildman–Crippen LogP) is 1.66. The lowest BCUT2D eigenvalue weighted by atomic mass is 9.87. The lowest BCUT2D eigenvalue weighted by Gasteiger charge is -2.30. The van der Waals surface area contributed by atoms with Crippen LogP contribution >= 0.6 is 0 Å². The monoisotopic (exact) mass is 341 g/mol. The van der Waals surface area contributed by atoms with Crippen LogP contribution in [0.4, 0.5) is 5.69 Å². The Labute approximate surface area is 147 Å². The molecule has 1 saturated heterocycles. The normalized spacial score (nSPS) is 21.5. The number of benzene rings is 1. The topological polar surface area (TPSA) is 78.5 Å². The van der Waals surface area contributed by atoms with Crippen LogP contribution in [-0.4, -0.2) is 42.3 Å². The molecule has 6 heteroatoms. The van der Waals surface area contributed by atoms with Gasteiger partial charge in [0.15, 0.2) is 0 Å². The van der Waals surface area contributed by atoms with Gasteiger partial charge >= 0.3 is 0 Å². The SMILES string of the molecule is CC(=O)N1CCC(C(=O)Nc2ccc3c(c2)C(=O)NCC32CC2)CC1. The quantitative estimate of drug-likeness (QED) is 0.859. The molecule has 0 radical (unpaired) electrons. The first-order chi connectivity index (χ1) is 12.0. The van der Waals surface area contributed by atoms with Gasteiger partial charge in [0.1, 0.15) is 0 Å². The Bertz CT molecular complexity index is 746. The molecule has 3 aliphatic rings. The Morgan fingerprint density at radius 1 is 1.24 bits per heavy atom. The number of amides is 3. The molecular weight excluding hydrogens is 318 g/mol. The Hall–Kier alpha value is -2.37. The largest absolute Gasteiger partial charge is 0.351 e. The maximum absolute atomic E-state index is 12.5. The van der Waals surface area contributed by atoms with Crippen molar-refractivity contribution in [3.63, 3.8) is 0 Å². The molecule has 1 saturated carbocycles. The average molecular weight is 341 g/mol. The van der Waals surface area contributed by atoms with Crippen molar-refractivity contribution in [2.75, 3.05) is 25.0 Å². The summed E-state index contributed by atoms with van der Waals surface area (Å²) in [5.74, 6) is -0.109. The third-order valence-corrected chi connectivity index (χ3v) is 5.86. The van der Waals surface area contributed by atoms with E-state index in [1.54, 1.807) is 17.9 Å². The van der Waals surface area contributed by atoms with Gasteiger partial charge in [0.05, 0.1) is 0 Å². The summed E-state index contributed by atoms with van der Waals surface area (Å²) in [5.41, 5.74) is 2.60. The number of carbonyl (C=O) groups excluding carboxylic acids is 3. The van der Waals surface area contributed by atoms with Gasteiger partial charge in [0.2, 0.25) is 11.8 Å². The van der Waals surface area contributed by atoms with Crippen molar-refractivity contribution >= 4 is 23.4 Å². The van der Waals surface area contributed by atoms with Crippen LogP contribution in [0.25, 0.3) is 0 Å². The molecule has 1 aromatic carbocycles. The smallest absolute Gasteiger partial charge is 0.251 e. The summed E-state index contributed by atoms with van der Waals surface area (Å²) in [5, 5.41) is 5.91. The fourth-order valence-corrected chi connectivity index (χ4v) is 4.01. The van der Waals surface area contributed by atoms with Crippen LogP contribution in [0.3, 0.4) is 0 Å². The second-order valence-electron chi connectivity index (χ2n) is 7.49. The van der Waals surface area contributed by atoms with Crippen LogP contribution in [0.1, 0.15) is 48.5 Å². The van der Waals surface area contributed by atoms with Gasteiger partial charge in [0.25, 0.3) is 5.91 Å². The highest BCUT2D eigenvalue weighted by Gasteiger charge is 2.48. The number of fused-ring (bicyclic) bond motifs is 2. The van der Waals surface area contributed by atoms with Crippen molar-refractivity contribution in [3.8, 4) is 0 Å². The van der Waals surface area contributed by atoms with Crippen molar-refractivity contribution < 1.29 is 14.4 Å². The molecule has 2 aliphatic heterocycles. The summed E-state index contributed by atoms with van der Waals surface area (Å²) >= 11 is 0. The Kier molecular flexibility index (Phi) is 3.78. The van der Waals surface area contributed by atoms with E-state index in [1.165, 1.54) is 0 Å². The van der Waals surface area contributed by atoms with Gasteiger partial charge in [-0.05, 0) is 43.4 Å². The van der Waals surface area contributed by atoms with E-state index in [2.05, 4.69) is 10.6 Å². The molecule has 0 atom stereocenters. The fraction of sp³-hybridized carbons (Fsp3) is 0.526. The second kappa shape index (κ2) is 5.86. The number of hydrogen-bond acceptors (Lipinski definition) is 3. The van der Waals surface area contributed by atoms with Crippen LogP contribution in [0.5, 0.6) is 0 Å². The Morgan fingerprint density at radius 2 is 1.96 bits per heavy atom. The van der Waals surface area contributed by atoms with Crippen LogP contribution in [0.15, 0.2) is 18.2 Å². The highest BCUT2D eigenvalue weighted by atomic mass is 16.2. The third kappa shape index (κ3) is 2.90. The molecule has 2 N–H and O–H groups in total.